The average Bonchev–Trinajstić information content (AvgIpc) is 3.65. The summed E-state index contributed by atoms with van der Waals surface area (Å²) in [7, 11) is -1.96. The molecule has 0 bridgehead atoms. The van der Waals surface area contributed by atoms with Gasteiger partial charge in [0.25, 0.3) is 5.91 Å². The summed E-state index contributed by atoms with van der Waals surface area (Å²) in [5.41, 5.74) is 1.45. The minimum atomic E-state index is -3.59. The Balaban J connectivity index is 1.55. The van der Waals surface area contributed by atoms with Crippen LogP contribution < -0.4 is 4.74 Å². The van der Waals surface area contributed by atoms with Crippen molar-refractivity contribution in [2.45, 2.75) is 56.0 Å². The molecule has 31 heavy (non-hydrogen) atoms. The zero-order valence-corrected chi connectivity index (χ0v) is 18.8. The lowest BCUT2D eigenvalue weighted by Crippen LogP contribution is -2.34. The maximum atomic E-state index is 13.4. The molecule has 166 valence electrons. The van der Waals surface area contributed by atoms with Gasteiger partial charge in [-0.1, -0.05) is 31.0 Å². The van der Waals surface area contributed by atoms with Crippen LogP contribution in [-0.4, -0.2) is 49.8 Å². The molecule has 1 heterocycles. The van der Waals surface area contributed by atoms with Crippen LogP contribution in [0.5, 0.6) is 5.75 Å². The van der Waals surface area contributed by atoms with Crippen molar-refractivity contribution in [3.63, 3.8) is 0 Å². The number of benzene rings is 2. The van der Waals surface area contributed by atoms with Gasteiger partial charge in [0.15, 0.2) is 0 Å². The Kier molecular flexibility index (Phi) is 6.62. The van der Waals surface area contributed by atoms with E-state index in [-0.39, 0.29) is 16.8 Å². The monoisotopic (exact) mass is 442 g/mol. The molecule has 0 atom stereocenters. The number of methoxy groups -OCH3 is 1. The molecule has 2 fully saturated rings. The molecule has 1 saturated heterocycles. The van der Waals surface area contributed by atoms with Crippen LogP contribution in [0.2, 0.25) is 0 Å². The van der Waals surface area contributed by atoms with E-state index in [1.165, 1.54) is 0 Å². The van der Waals surface area contributed by atoms with Crippen LogP contribution in [0.4, 0.5) is 0 Å². The second-order valence-electron chi connectivity index (χ2n) is 8.36. The predicted octanol–water partition coefficient (Wildman–Crippen LogP) is 4.06. The Labute approximate surface area is 184 Å². The lowest BCUT2D eigenvalue weighted by Gasteiger charge is -2.24. The summed E-state index contributed by atoms with van der Waals surface area (Å²) in [5.74, 6) is 0.658. The second-order valence-corrected chi connectivity index (χ2v) is 10.3. The van der Waals surface area contributed by atoms with E-state index in [9.17, 15) is 13.2 Å². The standard InChI is InChI=1S/C24H30N2O4S/c1-30-22-13-9-19(10-14-22)18-26(21-11-12-21)24(27)20-7-6-8-23(17-20)31(28,29)25-15-4-2-3-5-16-25/h6-10,13-14,17,21H,2-5,11-12,15-16,18H2,1H3. The van der Waals surface area contributed by atoms with E-state index in [0.29, 0.717) is 25.2 Å². The fourth-order valence-electron chi connectivity index (χ4n) is 4.07. The smallest absolute Gasteiger partial charge is 0.254 e. The van der Waals surface area contributed by atoms with Crippen LogP contribution in [0, 0.1) is 0 Å². The highest BCUT2D eigenvalue weighted by Crippen LogP contribution is 2.31. The summed E-state index contributed by atoms with van der Waals surface area (Å²) in [6.07, 6.45) is 5.85. The maximum absolute atomic E-state index is 13.4. The molecule has 1 amide bonds. The number of hydrogen-bond donors (Lipinski definition) is 0. The molecule has 1 aliphatic heterocycles. The summed E-state index contributed by atoms with van der Waals surface area (Å²) in [6, 6.07) is 14.4. The fraction of sp³-hybridized carbons (Fsp3) is 0.458. The highest BCUT2D eigenvalue weighted by Gasteiger charge is 2.34. The number of carbonyl (C=O) groups excluding carboxylic acids is 1. The van der Waals surface area contributed by atoms with E-state index in [1.807, 2.05) is 29.2 Å². The molecule has 0 N–H and O–H groups in total. The van der Waals surface area contributed by atoms with Crippen molar-refractivity contribution in [1.82, 2.24) is 9.21 Å². The number of nitrogens with zero attached hydrogens (tertiary/aromatic N) is 2. The lowest BCUT2D eigenvalue weighted by molar-refractivity contribution is 0.0729. The van der Waals surface area contributed by atoms with Gasteiger partial charge in [-0.2, -0.15) is 4.31 Å². The van der Waals surface area contributed by atoms with Gasteiger partial charge in [0.05, 0.1) is 12.0 Å². The third-order valence-electron chi connectivity index (χ3n) is 6.04. The number of rotatable bonds is 7. The summed E-state index contributed by atoms with van der Waals surface area (Å²) < 4.78 is 33.1. The molecule has 4 rings (SSSR count). The first kappa shape index (κ1) is 21.8. The van der Waals surface area contributed by atoms with Gasteiger partial charge in [0.1, 0.15) is 5.75 Å². The van der Waals surface area contributed by atoms with Gasteiger partial charge < -0.3 is 9.64 Å². The quantitative estimate of drug-likeness (QED) is 0.648. The molecule has 7 heteroatoms. The number of ether oxygens (including phenoxy) is 1. The van der Waals surface area contributed by atoms with Crippen molar-refractivity contribution in [3.05, 3.63) is 59.7 Å². The van der Waals surface area contributed by atoms with Crippen LogP contribution in [0.15, 0.2) is 53.4 Å². The molecule has 0 unspecified atom stereocenters. The summed E-state index contributed by atoms with van der Waals surface area (Å²) >= 11 is 0. The molecular formula is C24H30N2O4S. The normalized spacial score (nSPS) is 17.7. The van der Waals surface area contributed by atoms with Gasteiger partial charge in [0.2, 0.25) is 10.0 Å². The van der Waals surface area contributed by atoms with Crippen LogP contribution in [0.3, 0.4) is 0 Å². The van der Waals surface area contributed by atoms with E-state index in [4.69, 9.17) is 4.74 Å². The highest BCUT2D eigenvalue weighted by molar-refractivity contribution is 7.89. The fourth-order valence-corrected chi connectivity index (χ4v) is 5.63. The molecule has 2 aliphatic rings. The largest absolute Gasteiger partial charge is 0.497 e. The van der Waals surface area contributed by atoms with Gasteiger partial charge in [-0.05, 0) is 61.6 Å². The Bertz CT molecular complexity index is 1010. The van der Waals surface area contributed by atoms with Gasteiger partial charge in [-0.15, -0.1) is 0 Å². The van der Waals surface area contributed by atoms with Gasteiger partial charge in [-0.3, -0.25) is 4.79 Å². The zero-order chi connectivity index (χ0) is 21.8. The van der Waals surface area contributed by atoms with E-state index < -0.39 is 10.0 Å². The van der Waals surface area contributed by atoms with Crippen molar-refractivity contribution in [3.8, 4) is 5.75 Å². The highest BCUT2D eigenvalue weighted by atomic mass is 32.2. The number of carbonyl (C=O) groups is 1. The second kappa shape index (κ2) is 9.40. The van der Waals surface area contributed by atoms with E-state index >= 15 is 0 Å². The summed E-state index contributed by atoms with van der Waals surface area (Å²) in [5, 5.41) is 0. The summed E-state index contributed by atoms with van der Waals surface area (Å²) in [4.78, 5) is 15.4. The Morgan fingerprint density at radius 1 is 1.03 bits per heavy atom. The Hall–Kier alpha value is -2.38. The molecular weight excluding hydrogens is 412 g/mol. The number of amides is 1. The topological polar surface area (TPSA) is 66.9 Å². The minimum Gasteiger partial charge on any atom is -0.497 e. The van der Waals surface area contributed by atoms with E-state index in [0.717, 1.165) is 49.8 Å². The molecule has 0 radical (unpaired) electrons. The van der Waals surface area contributed by atoms with Crippen LogP contribution in [-0.2, 0) is 16.6 Å². The number of hydrogen-bond acceptors (Lipinski definition) is 4. The summed E-state index contributed by atoms with van der Waals surface area (Å²) in [6.45, 7) is 1.59. The Morgan fingerprint density at radius 3 is 2.32 bits per heavy atom. The number of sulfonamides is 1. The van der Waals surface area contributed by atoms with Crippen LogP contribution >= 0.6 is 0 Å². The Morgan fingerprint density at radius 2 is 1.71 bits per heavy atom. The molecule has 2 aromatic rings. The van der Waals surface area contributed by atoms with Crippen LogP contribution in [0.1, 0.15) is 54.4 Å². The first-order valence-corrected chi connectivity index (χ1v) is 12.5. The minimum absolute atomic E-state index is 0.119. The lowest BCUT2D eigenvalue weighted by atomic mass is 10.1. The van der Waals surface area contributed by atoms with E-state index in [2.05, 4.69) is 0 Å². The third-order valence-corrected chi connectivity index (χ3v) is 7.94. The SMILES string of the molecule is COc1ccc(CN(C(=O)c2cccc(S(=O)(=O)N3CCCCCC3)c2)C2CC2)cc1. The van der Waals surface area contributed by atoms with Crippen molar-refractivity contribution in [2.24, 2.45) is 0 Å². The molecule has 6 nitrogen and oxygen atoms in total. The predicted molar refractivity (Wildman–Crippen MR) is 120 cm³/mol. The molecule has 1 saturated carbocycles. The van der Waals surface area contributed by atoms with Crippen molar-refractivity contribution < 1.29 is 17.9 Å². The van der Waals surface area contributed by atoms with Crippen molar-refractivity contribution in [2.75, 3.05) is 20.2 Å². The molecule has 0 aromatic heterocycles. The molecule has 0 spiro atoms. The first-order valence-electron chi connectivity index (χ1n) is 11.0. The van der Waals surface area contributed by atoms with E-state index in [1.54, 1.807) is 35.7 Å². The van der Waals surface area contributed by atoms with Gasteiger partial charge in [0, 0.05) is 31.2 Å². The molecule has 2 aromatic carbocycles. The molecule has 1 aliphatic carbocycles. The van der Waals surface area contributed by atoms with Gasteiger partial charge in [-0.25, -0.2) is 8.42 Å². The van der Waals surface area contributed by atoms with Crippen molar-refractivity contribution in [1.29, 1.82) is 0 Å². The third kappa shape index (κ3) is 5.10. The van der Waals surface area contributed by atoms with Crippen LogP contribution in [0.25, 0.3) is 0 Å². The first-order chi connectivity index (χ1) is 15.0. The average molecular weight is 443 g/mol. The van der Waals surface area contributed by atoms with Gasteiger partial charge >= 0.3 is 0 Å². The zero-order valence-electron chi connectivity index (χ0n) is 18.0. The van der Waals surface area contributed by atoms with Crippen molar-refractivity contribution >= 4 is 15.9 Å². The maximum Gasteiger partial charge on any atom is 0.254 e.